The van der Waals surface area contributed by atoms with Crippen LogP contribution < -0.4 is 5.73 Å². The van der Waals surface area contributed by atoms with Crippen LogP contribution in [0.2, 0.25) is 5.02 Å². The van der Waals surface area contributed by atoms with Crippen LogP contribution in [0.1, 0.15) is 111 Å². The fourth-order valence-electron chi connectivity index (χ4n) is 3.94. The topological polar surface area (TPSA) is 63.4 Å². The molecule has 0 fully saturated rings. The summed E-state index contributed by atoms with van der Waals surface area (Å²) < 4.78 is 27.6. The minimum absolute atomic E-state index is 0.0936. The van der Waals surface area contributed by atoms with E-state index in [1.165, 1.54) is 89.2 Å². The van der Waals surface area contributed by atoms with E-state index >= 15 is 0 Å². The average Bonchev–Trinajstić information content (AvgIpc) is 2.72. The third kappa shape index (κ3) is 11.1. The predicted molar refractivity (Wildman–Crippen MR) is 135 cm³/mol. The standard InChI is InChI=1S/C25H45ClN2O2S/c1-4-5-6-7-8-9-10-11-12-13-14-15-16-17-20-28(22(2)3)31(29,30)23-18-19-24(26)25(27)21-23/h18-19,21-22H,4-17,20,27H2,1-3H3. The van der Waals surface area contributed by atoms with Gasteiger partial charge in [0.05, 0.1) is 15.6 Å². The minimum Gasteiger partial charge on any atom is -0.397 e. The number of halogens is 1. The molecule has 0 spiro atoms. The molecule has 180 valence electrons. The first-order valence-corrected chi connectivity index (χ1v) is 14.2. The SMILES string of the molecule is CCCCCCCCCCCCCCCCN(C(C)C)S(=O)(=O)c1ccc(Cl)c(N)c1. The molecule has 1 rings (SSSR count). The Morgan fingerprint density at radius 1 is 0.839 bits per heavy atom. The van der Waals surface area contributed by atoms with Gasteiger partial charge in [-0.1, -0.05) is 102 Å². The maximum Gasteiger partial charge on any atom is 0.243 e. The Labute approximate surface area is 197 Å². The number of nitrogens with two attached hydrogens (primary N) is 1. The number of hydrogen-bond donors (Lipinski definition) is 1. The molecule has 0 heterocycles. The van der Waals surface area contributed by atoms with Gasteiger partial charge < -0.3 is 5.73 Å². The Bertz CT molecular complexity index is 707. The number of rotatable bonds is 18. The van der Waals surface area contributed by atoms with E-state index in [0.717, 1.165) is 12.8 Å². The van der Waals surface area contributed by atoms with Crippen LogP contribution in [0.4, 0.5) is 5.69 Å². The zero-order chi connectivity index (χ0) is 23.1. The molecule has 6 heteroatoms. The van der Waals surface area contributed by atoms with Crippen molar-refractivity contribution in [2.24, 2.45) is 0 Å². The second-order valence-electron chi connectivity index (χ2n) is 8.99. The monoisotopic (exact) mass is 472 g/mol. The highest BCUT2D eigenvalue weighted by Gasteiger charge is 2.26. The Kier molecular flexibility index (Phi) is 14.5. The molecule has 0 saturated carbocycles. The average molecular weight is 473 g/mol. The molecule has 0 aliphatic heterocycles. The summed E-state index contributed by atoms with van der Waals surface area (Å²) in [6.07, 6.45) is 18.1. The fraction of sp³-hybridized carbons (Fsp3) is 0.760. The summed E-state index contributed by atoms with van der Waals surface area (Å²) in [6, 6.07) is 4.45. The number of nitrogen functional groups attached to an aromatic ring is 1. The highest BCUT2D eigenvalue weighted by atomic mass is 35.5. The van der Waals surface area contributed by atoms with E-state index in [0.29, 0.717) is 17.3 Å². The Morgan fingerprint density at radius 2 is 1.29 bits per heavy atom. The van der Waals surface area contributed by atoms with E-state index in [4.69, 9.17) is 17.3 Å². The lowest BCUT2D eigenvalue weighted by Crippen LogP contribution is -2.37. The summed E-state index contributed by atoms with van der Waals surface area (Å²) >= 11 is 5.94. The van der Waals surface area contributed by atoms with Gasteiger partial charge in [0.1, 0.15) is 0 Å². The van der Waals surface area contributed by atoms with Crippen molar-refractivity contribution in [2.75, 3.05) is 12.3 Å². The van der Waals surface area contributed by atoms with E-state index in [9.17, 15) is 8.42 Å². The molecular formula is C25H45ClN2O2S. The van der Waals surface area contributed by atoms with Gasteiger partial charge >= 0.3 is 0 Å². The van der Waals surface area contributed by atoms with Gasteiger partial charge in [-0.25, -0.2) is 8.42 Å². The van der Waals surface area contributed by atoms with Gasteiger partial charge in [-0.2, -0.15) is 4.31 Å². The Morgan fingerprint density at radius 3 is 1.71 bits per heavy atom. The number of nitrogens with zero attached hydrogens (tertiary/aromatic N) is 1. The normalized spacial score (nSPS) is 12.2. The summed E-state index contributed by atoms with van der Waals surface area (Å²) in [5.74, 6) is 0. The molecule has 0 bridgehead atoms. The van der Waals surface area contributed by atoms with Crippen molar-refractivity contribution in [3.8, 4) is 0 Å². The maximum absolute atomic E-state index is 13.0. The molecule has 2 N–H and O–H groups in total. The van der Waals surface area contributed by atoms with Crippen LogP contribution in [-0.4, -0.2) is 25.3 Å². The van der Waals surface area contributed by atoms with Crippen LogP contribution >= 0.6 is 11.6 Å². The Balaban J connectivity index is 2.22. The van der Waals surface area contributed by atoms with Crippen LogP contribution in [0, 0.1) is 0 Å². The molecule has 0 aliphatic rings. The summed E-state index contributed by atoms with van der Waals surface area (Å²) in [7, 11) is -3.56. The molecule has 0 amide bonds. The molecule has 0 saturated heterocycles. The summed E-state index contributed by atoms with van der Waals surface area (Å²) in [6.45, 7) is 6.64. The second-order valence-corrected chi connectivity index (χ2v) is 11.3. The molecule has 0 radical (unpaired) electrons. The number of anilines is 1. The number of hydrogen-bond acceptors (Lipinski definition) is 3. The van der Waals surface area contributed by atoms with Crippen molar-refractivity contribution >= 4 is 27.3 Å². The zero-order valence-corrected chi connectivity index (χ0v) is 21.6. The van der Waals surface area contributed by atoms with Crippen molar-refractivity contribution < 1.29 is 8.42 Å². The van der Waals surface area contributed by atoms with Gasteiger partial charge in [0, 0.05) is 12.6 Å². The third-order valence-electron chi connectivity index (χ3n) is 5.88. The van der Waals surface area contributed by atoms with Crippen LogP contribution in [-0.2, 0) is 10.0 Å². The number of benzene rings is 1. The van der Waals surface area contributed by atoms with Crippen molar-refractivity contribution in [3.05, 3.63) is 23.2 Å². The smallest absolute Gasteiger partial charge is 0.243 e. The Hall–Kier alpha value is -0.780. The van der Waals surface area contributed by atoms with Gasteiger partial charge in [-0.15, -0.1) is 0 Å². The van der Waals surface area contributed by atoms with Crippen molar-refractivity contribution in [1.82, 2.24) is 4.31 Å². The number of unbranched alkanes of at least 4 members (excludes halogenated alkanes) is 13. The molecule has 0 atom stereocenters. The molecular weight excluding hydrogens is 428 g/mol. The largest absolute Gasteiger partial charge is 0.397 e. The highest BCUT2D eigenvalue weighted by molar-refractivity contribution is 7.89. The van der Waals surface area contributed by atoms with E-state index < -0.39 is 10.0 Å². The van der Waals surface area contributed by atoms with Gasteiger partial charge in [-0.3, -0.25) is 0 Å². The predicted octanol–water partition coefficient (Wildman–Crippen LogP) is 7.80. The van der Waals surface area contributed by atoms with Crippen LogP contribution in [0.15, 0.2) is 23.1 Å². The van der Waals surface area contributed by atoms with E-state index in [-0.39, 0.29) is 10.9 Å². The van der Waals surface area contributed by atoms with E-state index in [1.807, 2.05) is 13.8 Å². The van der Waals surface area contributed by atoms with Crippen molar-refractivity contribution in [2.45, 2.75) is 122 Å². The molecule has 31 heavy (non-hydrogen) atoms. The van der Waals surface area contributed by atoms with Gasteiger partial charge in [0.2, 0.25) is 10.0 Å². The third-order valence-corrected chi connectivity index (χ3v) is 8.30. The molecule has 1 aromatic rings. The quantitative estimate of drug-likeness (QED) is 0.175. The van der Waals surface area contributed by atoms with Crippen LogP contribution in [0.5, 0.6) is 0 Å². The first-order valence-electron chi connectivity index (χ1n) is 12.4. The summed E-state index contributed by atoms with van der Waals surface area (Å²) in [4.78, 5) is 0.216. The molecule has 0 aliphatic carbocycles. The van der Waals surface area contributed by atoms with Gasteiger partial charge in [0.15, 0.2) is 0 Å². The second kappa shape index (κ2) is 15.9. The van der Waals surface area contributed by atoms with Gasteiger partial charge in [0.25, 0.3) is 0 Å². The first-order chi connectivity index (χ1) is 14.8. The molecule has 1 aromatic carbocycles. The number of sulfonamides is 1. The summed E-state index contributed by atoms with van der Waals surface area (Å²) in [5.41, 5.74) is 6.10. The van der Waals surface area contributed by atoms with Gasteiger partial charge in [-0.05, 0) is 38.5 Å². The molecule has 0 aromatic heterocycles. The van der Waals surface area contributed by atoms with Crippen molar-refractivity contribution in [1.29, 1.82) is 0 Å². The highest BCUT2D eigenvalue weighted by Crippen LogP contribution is 2.26. The lowest BCUT2D eigenvalue weighted by molar-refractivity contribution is 0.343. The fourth-order valence-corrected chi connectivity index (χ4v) is 5.76. The van der Waals surface area contributed by atoms with E-state index in [1.54, 1.807) is 10.4 Å². The zero-order valence-electron chi connectivity index (χ0n) is 20.0. The van der Waals surface area contributed by atoms with Crippen LogP contribution in [0.3, 0.4) is 0 Å². The molecule has 0 unspecified atom stereocenters. The van der Waals surface area contributed by atoms with Crippen molar-refractivity contribution in [3.63, 3.8) is 0 Å². The van der Waals surface area contributed by atoms with Crippen LogP contribution in [0.25, 0.3) is 0 Å². The van der Waals surface area contributed by atoms with E-state index in [2.05, 4.69) is 6.92 Å². The minimum atomic E-state index is -3.56. The summed E-state index contributed by atoms with van der Waals surface area (Å²) in [5, 5.41) is 0.377. The first kappa shape index (κ1) is 28.3. The maximum atomic E-state index is 13.0. The molecule has 4 nitrogen and oxygen atoms in total. The lowest BCUT2D eigenvalue weighted by Gasteiger charge is -2.26. The lowest BCUT2D eigenvalue weighted by atomic mass is 10.0.